The van der Waals surface area contributed by atoms with Gasteiger partial charge in [-0.25, -0.2) is 0 Å². The molecule has 6 heteroatoms. The van der Waals surface area contributed by atoms with Crippen LogP contribution in [0.3, 0.4) is 0 Å². The van der Waals surface area contributed by atoms with Gasteiger partial charge in [0.05, 0.1) is 13.5 Å². The van der Waals surface area contributed by atoms with Crippen molar-refractivity contribution in [1.82, 2.24) is 10.2 Å². The molecule has 3 rings (SSSR count). The van der Waals surface area contributed by atoms with E-state index in [1.165, 1.54) is 0 Å². The molecule has 0 unspecified atom stereocenters. The number of hydrogen-bond donors (Lipinski definition) is 1. The number of benzene rings is 3. The minimum absolute atomic E-state index is 0.145. The standard InChI is InChI=1S/C27H29ClN2O3/c1-3-17-29-27(32)26(22-7-5-4-6-8-22)30(19-21-11-15-24(33-2)16-12-21)25(31)18-20-9-13-23(28)14-10-20/h4-16,26H,3,17-19H2,1-2H3,(H,29,32)/t26-/m0/s1. The number of carbonyl (C=O) groups excluding carboxylic acids is 2. The summed E-state index contributed by atoms with van der Waals surface area (Å²) >= 11 is 6.00. The predicted molar refractivity (Wildman–Crippen MR) is 131 cm³/mol. The molecule has 0 heterocycles. The van der Waals surface area contributed by atoms with E-state index in [-0.39, 0.29) is 24.8 Å². The summed E-state index contributed by atoms with van der Waals surface area (Å²) in [4.78, 5) is 28.5. The number of nitrogens with one attached hydrogen (secondary N) is 1. The molecule has 2 amide bonds. The number of hydrogen-bond acceptors (Lipinski definition) is 3. The minimum Gasteiger partial charge on any atom is -0.497 e. The molecular weight excluding hydrogens is 436 g/mol. The Morgan fingerprint density at radius 2 is 1.58 bits per heavy atom. The van der Waals surface area contributed by atoms with Crippen molar-refractivity contribution in [2.75, 3.05) is 13.7 Å². The van der Waals surface area contributed by atoms with Crippen LogP contribution < -0.4 is 10.1 Å². The van der Waals surface area contributed by atoms with Crippen LogP contribution in [0, 0.1) is 0 Å². The molecule has 172 valence electrons. The summed E-state index contributed by atoms with van der Waals surface area (Å²) in [6.07, 6.45) is 0.974. The summed E-state index contributed by atoms with van der Waals surface area (Å²) < 4.78 is 5.25. The fourth-order valence-electron chi connectivity index (χ4n) is 3.58. The highest BCUT2D eigenvalue weighted by Gasteiger charge is 2.31. The smallest absolute Gasteiger partial charge is 0.247 e. The fraction of sp³-hybridized carbons (Fsp3) is 0.259. The molecule has 3 aromatic carbocycles. The first-order valence-corrected chi connectivity index (χ1v) is 11.4. The number of halogens is 1. The molecule has 1 atom stereocenters. The summed E-state index contributed by atoms with van der Waals surface area (Å²) in [6.45, 7) is 2.83. The van der Waals surface area contributed by atoms with E-state index in [1.54, 1.807) is 24.1 Å². The number of rotatable bonds is 10. The third kappa shape index (κ3) is 6.83. The fourth-order valence-corrected chi connectivity index (χ4v) is 3.71. The van der Waals surface area contributed by atoms with Gasteiger partial charge in [-0.05, 0) is 47.4 Å². The Kier molecular flexibility index (Phi) is 8.90. The van der Waals surface area contributed by atoms with E-state index in [4.69, 9.17) is 16.3 Å². The highest BCUT2D eigenvalue weighted by Crippen LogP contribution is 2.26. The molecule has 0 aliphatic carbocycles. The summed E-state index contributed by atoms with van der Waals surface area (Å²) in [6, 6.07) is 23.4. The third-order valence-electron chi connectivity index (χ3n) is 5.33. The quantitative estimate of drug-likeness (QED) is 0.449. The zero-order valence-electron chi connectivity index (χ0n) is 19.0. The first kappa shape index (κ1) is 24.3. The average Bonchev–Trinajstić information content (AvgIpc) is 2.84. The largest absolute Gasteiger partial charge is 0.497 e. The van der Waals surface area contributed by atoms with Gasteiger partial charge in [-0.3, -0.25) is 9.59 Å². The summed E-state index contributed by atoms with van der Waals surface area (Å²) in [5, 5.41) is 3.58. The van der Waals surface area contributed by atoms with Crippen molar-refractivity contribution in [2.45, 2.75) is 32.4 Å². The van der Waals surface area contributed by atoms with Gasteiger partial charge < -0.3 is 15.0 Å². The molecule has 1 N–H and O–H groups in total. The Morgan fingerprint density at radius 3 is 2.18 bits per heavy atom. The molecule has 33 heavy (non-hydrogen) atoms. The molecule has 0 bridgehead atoms. The molecule has 0 aliphatic rings. The van der Waals surface area contributed by atoms with Gasteiger partial charge in [0, 0.05) is 18.1 Å². The van der Waals surface area contributed by atoms with Crippen LogP contribution in [-0.2, 0) is 22.6 Å². The van der Waals surface area contributed by atoms with Crippen LogP contribution in [0.5, 0.6) is 5.75 Å². The van der Waals surface area contributed by atoms with Gasteiger partial charge in [-0.1, -0.05) is 73.1 Å². The molecule has 0 saturated heterocycles. The number of carbonyl (C=O) groups is 2. The Hall–Kier alpha value is -3.31. The van der Waals surface area contributed by atoms with Gasteiger partial charge in [-0.2, -0.15) is 0 Å². The second-order valence-electron chi connectivity index (χ2n) is 7.78. The number of methoxy groups -OCH3 is 1. The molecule has 3 aromatic rings. The van der Waals surface area contributed by atoms with E-state index in [2.05, 4.69) is 5.32 Å². The first-order valence-electron chi connectivity index (χ1n) is 11.0. The second-order valence-corrected chi connectivity index (χ2v) is 8.21. The summed E-state index contributed by atoms with van der Waals surface area (Å²) in [5.74, 6) is 0.396. The topological polar surface area (TPSA) is 58.6 Å². The Morgan fingerprint density at radius 1 is 0.939 bits per heavy atom. The van der Waals surface area contributed by atoms with E-state index < -0.39 is 6.04 Å². The Labute approximate surface area is 200 Å². The van der Waals surface area contributed by atoms with Crippen molar-refractivity contribution in [3.63, 3.8) is 0 Å². The lowest BCUT2D eigenvalue weighted by atomic mass is 10.0. The zero-order valence-corrected chi connectivity index (χ0v) is 19.7. The minimum atomic E-state index is -0.750. The van der Waals surface area contributed by atoms with Crippen molar-refractivity contribution in [2.24, 2.45) is 0 Å². The normalized spacial score (nSPS) is 11.5. The van der Waals surface area contributed by atoms with Crippen LogP contribution in [0.4, 0.5) is 0 Å². The van der Waals surface area contributed by atoms with E-state index >= 15 is 0 Å². The molecular formula is C27H29ClN2O3. The highest BCUT2D eigenvalue weighted by molar-refractivity contribution is 6.30. The number of ether oxygens (including phenoxy) is 1. The van der Waals surface area contributed by atoms with Gasteiger partial charge in [0.1, 0.15) is 11.8 Å². The first-order chi connectivity index (χ1) is 16.0. The number of nitrogens with zero attached hydrogens (tertiary/aromatic N) is 1. The van der Waals surface area contributed by atoms with E-state index in [9.17, 15) is 9.59 Å². The van der Waals surface area contributed by atoms with Gasteiger partial charge in [0.2, 0.25) is 11.8 Å². The summed E-state index contributed by atoms with van der Waals surface area (Å²) in [7, 11) is 1.61. The summed E-state index contributed by atoms with van der Waals surface area (Å²) in [5.41, 5.74) is 2.51. The van der Waals surface area contributed by atoms with Gasteiger partial charge in [0.15, 0.2) is 0 Å². The number of amides is 2. The lowest BCUT2D eigenvalue weighted by Gasteiger charge is -2.32. The Balaban J connectivity index is 1.97. The average molecular weight is 465 g/mol. The van der Waals surface area contributed by atoms with Crippen molar-refractivity contribution in [1.29, 1.82) is 0 Å². The third-order valence-corrected chi connectivity index (χ3v) is 5.58. The van der Waals surface area contributed by atoms with Crippen LogP contribution in [0.15, 0.2) is 78.9 Å². The SMILES string of the molecule is CCCNC(=O)[C@H](c1ccccc1)N(Cc1ccc(OC)cc1)C(=O)Cc1ccc(Cl)cc1. The molecule has 0 aliphatic heterocycles. The van der Waals surface area contributed by atoms with Crippen molar-refractivity contribution < 1.29 is 14.3 Å². The van der Waals surface area contributed by atoms with Crippen LogP contribution >= 0.6 is 11.6 Å². The van der Waals surface area contributed by atoms with Crippen LogP contribution in [0.1, 0.15) is 36.1 Å². The van der Waals surface area contributed by atoms with Gasteiger partial charge in [-0.15, -0.1) is 0 Å². The van der Waals surface area contributed by atoms with Crippen LogP contribution in [-0.4, -0.2) is 30.4 Å². The van der Waals surface area contributed by atoms with E-state index in [0.29, 0.717) is 11.6 Å². The maximum atomic E-state index is 13.6. The maximum Gasteiger partial charge on any atom is 0.247 e. The predicted octanol–water partition coefficient (Wildman–Crippen LogP) is 5.19. The van der Waals surface area contributed by atoms with Crippen LogP contribution in [0.25, 0.3) is 0 Å². The van der Waals surface area contributed by atoms with Crippen molar-refractivity contribution in [3.8, 4) is 5.75 Å². The van der Waals surface area contributed by atoms with Crippen LogP contribution in [0.2, 0.25) is 5.02 Å². The van der Waals surface area contributed by atoms with E-state index in [0.717, 1.165) is 28.9 Å². The maximum absolute atomic E-state index is 13.6. The molecule has 0 spiro atoms. The monoisotopic (exact) mass is 464 g/mol. The second kappa shape index (κ2) is 12.1. The zero-order chi connectivity index (χ0) is 23.6. The highest BCUT2D eigenvalue weighted by atomic mass is 35.5. The lowest BCUT2D eigenvalue weighted by Crippen LogP contribution is -2.44. The van der Waals surface area contributed by atoms with Crippen molar-refractivity contribution in [3.05, 3.63) is 101 Å². The molecule has 0 fully saturated rings. The molecule has 0 radical (unpaired) electrons. The molecule has 0 saturated carbocycles. The lowest BCUT2D eigenvalue weighted by molar-refractivity contribution is -0.141. The van der Waals surface area contributed by atoms with Gasteiger partial charge in [0.25, 0.3) is 0 Å². The molecule has 0 aromatic heterocycles. The van der Waals surface area contributed by atoms with E-state index in [1.807, 2.05) is 73.7 Å². The van der Waals surface area contributed by atoms with Crippen molar-refractivity contribution >= 4 is 23.4 Å². The van der Waals surface area contributed by atoms with Gasteiger partial charge >= 0.3 is 0 Å². The Bertz CT molecular complexity index is 1040. The molecule has 5 nitrogen and oxygen atoms in total.